The van der Waals surface area contributed by atoms with Gasteiger partial charge in [0, 0.05) is 29.4 Å². The van der Waals surface area contributed by atoms with Gasteiger partial charge in [-0.25, -0.2) is 19.6 Å². The molecule has 4 aromatic rings. The third-order valence-electron chi connectivity index (χ3n) is 4.96. The van der Waals surface area contributed by atoms with E-state index < -0.39 is 17.2 Å². The molecule has 32 heavy (non-hydrogen) atoms. The molecule has 0 spiro atoms. The molecular weight excluding hydrogens is 450 g/mol. The van der Waals surface area contributed by atoms with E-state index in [9.17, 15) is 14.4 Å². The highest BCUT2D eigenvalue weighted by atomic mass is 32.1. The van der Waals surface area contributed by atoms with Crippen LogP contribution < -0.4 is 11.2 Å². The topological polar surface area (TPSA) is 112 Å². The van der Waals surface area contributed by atoms with Crippen molar-refractivity contribution in [3.05, 3.63) is 54.6 Å². The van der Waals surface area contributed by atoms with Crippen molar-refractivity contribution in [1.82, 2.24) is 24.1 Å². The third kappa shape index (κ3) is 4.30. The van der Waals surface area contributed by atoms with E-state index in [0.29, 0.717) is 30.1 Å². The zero-order valence-electron chi connectivity index (χ0n) is 17.8. The minimum Gasteiger partial charge on any atom is -0.453 e. The van der Waals surface area contributed by atoms with Crippen LogP contribution in [0, 0.1) is 0 Å². The zero-order chi connectivity index (χ0) is 22.7. The van der Waals surface area contributed by atoms with Crippen LogP contribution in [0.15, 0.2) is 31.8 Å². The first-order valence-electron chi connectivity index (χ1n) is 10.4. The van der Waals surface area contributed by atoms with Gasteiger partial charge < -0.3 is 9.30 Å². The largest absolute Gasteiger partial charge is 0.453 e. The van der Waals surface area contributed by atoms with Crippen molar-refractivity contribution < 1.29 is 9.53 Å². The van der Waals surface area contributed by atoms with Crippen molar-refractivity contribution >= 4 is 39.8 Å². The summed E-state index contributed by atoms with van der Waals surface area (Å²) in [5.74, 6) is -0.139. The maximum Gasteiger partial charge on any atom is 0.358 e. The van der Waals surface area contributed by atoms with E-state index in [1.54, 1.807) is 21.3 Å². The maximum atomic E-state index is 12.6. The smallest absolute Gasteiger partial charge is 0.358 e. The number of carbonyl (C=O) groups excluding carboxylic acids is 1. The summed E-state index contributed by atoms with van der Waals surface area (Å²) in [6.45, 7) is 4.84. The molecule has 0 aromatic carbocycles. The highest BCUT2D eigenvalue weighted by Crippen LogP contribution is 2.26. The summed E-state index contributed by atoms with van der Waals surface area (Å²) < 4.78 is 8.68. The summed E-state index contributed by atoms with van der Waals surface area (Å²) >= 11 is 2.94. The number of nitrogens with zero attached hydrogens (tertiary/aromatic N) is 4. The van der Waals surface area contributed by atoms with E-state index in [2.05, 4.69) is 15.0 Å². The second-order valence-electron chi connectivity index (χ2n) is 7.24. The number of rotatable bonds is 9. The molecule has 4 heterocycles. The fraction of sp³-hybridized carbons (Fsp3) is 0.381. The number of H-pyrrole nitrogens is 1. The molecule has 0 atom stereocenters. The van der Waals surface area contributed by atoms with Gasteiger partial charge in [0.2, 0.25) is 0 Å². The molecule has 11 heteroatoms. The number of carbonyl (C=O) groups is 1. The summed E-state index contributed by atoms with van der Waals surface area (Å²) in [4.78, 5) is 48.8. The lowest BCUT2D eigenvalue weighted by Gasteiger charge is -2.08. The number of fused-ring (bicyclic) bond motifs is 1. The lowest BCUT2D eigenvalue weighted by molar-refractivity contribution is 0.0452. The van der Waals surface area contributed by atoms with Gasteiger partial charge in [0.25, 0.3) is 5.56 Å². The van der Waals surface area contributed by atoms with Gasteiger partial charge in [-0.2, -0.15) is 11.3 Å². The lowest BCUT2D eigenvalue weighted by Crippen LogP contribution is -2.31. The lowest BCUT2D eigenvalue weighted by atomic mass is 10.3. The number of hydrogen-bond donors (Lipinski definition) is 1. The van der Waals surface area contributed by atoms with Crippen molar-refractivity contribution in [3.63, 3.8) is 0 Å². The van der Waals surface area contributed by atoms with Gasteiger partial charge in [0.1, 0.15) is 17.4 Å². The van der Waals surface area contributed by atoms with Crippen molar-refractivity contribution in [2.45, 2.75) is 52.8 Å². The molecule has 9 nitrogen and oxygen atoms in total. The summed E-state index contributed by atoms with van der Waals surface area (Å²) in [7, 11) is 0. The molecule has 0 aliphatic carbocycles. The number of unbranched alkanes of at least 4 members (excludes halogenated alkanes) is 1. The third-order valence-corrected chi connectivity index (χ3v) is 6.54. The number of ether oxygens (including phenoxy) is 1. The van der Waals surface area contributed by atoms with E-state index in [1.807, 2.05) is 30.7 Å². The molecule has 4 aromatic heterocycles. The predicted molar refractivity (Wildman–Crippen MR) is 124 cm³/mol. The molecule has 0 saturated heterocycles. The van der Waals surface area contributed by atoms with Crippen molar-refractivity contribution in [3.8, 4) is 10.6 Å². The van der Waals surface area contributed by atoms with Crippen LogP contribution in [0.5, 0.6) is 0 Å². The Kier molecular flexibility index (Phi) is 6.66. The average Bonchev–Trinajstić information content (AvgIpc) is 3.52. The average molecular weight is 474 g/mol. The molecule has 168 valence electrons. The quantitative estimate of drug-likeness (QED) is 0.372. The van der Waals surface area contributed by atoms with Gasteiger partial charge in [0.15, 0.2) is 16.9 Å². The Hall–Kier alpha value is -3.05. The Morgan fingerprint density at radius 1 is 1.12 bits per heavy atom. The first-order valence-corrected chi connectivity index (χ1v) is 12.2. The van der Waals surface area contributed by atoms with Gasteiger partial charge in [0.05, 0.1) is 0 Å². The zero-order valence-corrected chi connectivity index (χ0v) is 19.4. The number of aromatic amines is 1. The summed E-state index contributed by atoms with van der Waals surface area (Å²) in [5.41, 5.74) is 0.863. The molecule has 0 fully saturated rings. The van der Waals surface area contributed by atoms with Crippen LogP contribution in [-0.4, -0.2) is 30.1 Å². The van der Waals surface area contributed by atoms with Gasteiger partial charge in [-0.15, -0.1) is 11.3 Å². The summed E-state index contributed by atoms with van der Waals surface area (Å²) in [5, 5.41) is 6.34. The number of aromatic nitrogens is 5. The summed E-state index contributed by atoms with van der Waals surface area (Å²) in [6, 6.07) is 1.95. The number of nitrogens with one attached hydrogen (secondary N) is 1. The molecule has 0 aliphatic rings. The van der Waals surface area contributed by atoms with Gasteiger partial charge in [-0.05, 0) is 24.3 Å². The van der Waals surface area contributed by atoms with Crippen molar-refractivity contribution in [1.29, 1.82) is 0 Å². The second-order valence-corrected chi connectivity index (χ2v) is 8.88. The van der Waals surface area contributed by atoms with E-state index in [1.165, 1.54) is 15.9 Å². The molecular formula is C21H23N5O4S2. The van der Waals surface area contributed by atoms with Crippen LogP contribution in [0.1, 0.15) is 49.4 Å². The standard InChI is InChI=1S/C21H23N5O4S2/c1-3-5-8-26-17-16(18(27)24-21(26)29)25(7-4-2)15(23-17)10-30-20(28)14-12-32-19(22-14)13-6-9-31-11-13/h6,9,11-12H,3-5,7-8,10H2,1-2H3,(H,24,27,29). The van der Waals surface area contributed by atoms with Crippen LogP contribution >= 0.6 is 22.7 Å². The molecule has 0 amide bonds. The monoisotopic (exact) mass is 473 g/mol. The molecule has 0 unspecified atom stereocenters. The fourth-order valence-electron chi connectivity index (χ4n) is 3.41. The first kappa shape index (κ1) is 22.2. The normalized spacial score (nSPS) is 11.3. The number of thiophene rings is 1. The molecule has 0 radical (unpaired) electrons. The number of imidazole rings is 1. The predicted octanol–water partition coefficient (Wildman–Crippen LogP) is 3.64. The van der Waals surface area contributed by atoms with Crippen LogP contribution in [0.2, 0.25) is 0 Å². The minimum absolute atomic E-state index is 0.125. The minimum atomic E-state index is -0.560. The number of thiazole rings is 1. The van der Waals surface area contributed by atoms with Crippen LogP contribution in [-0.2, 0) is 24.4 Å². The van der Waals surface area contributed by atoms with E-state index in [-0.39, 0.29) is 12.3 Å². The Bertz CT molecular complexity index is 1350. The van der Waals surface area contributed by atoms with Crippen molar-refractivity contribution in [2.24, 2.45) is 0 Å². The molecule has 0 aliphatic heterocycles. The van der Waals surface area contributed by atoms with Crippen LogP contribution in [0.25, 0.3) is 21.7 Å². The molecule has 0 bridgehead atoms. The maximum absolute atomic E-state index is 12.6. The Morgan fingerprint density at radius 3 is 2.69 bits per heavy atom. The first-order chi connectivity index (χ1) is 15.5. The van der Waals surface area contributed by atoms with Gasteiger partial charge >= 0.3 is 11.7 Å². The number of aryl methyl sites for hydroxylation is 2. The Labute approximate surface area is 191 Å². The number of hydrogen-bond acceptors (Lipinski definition) is 8. The van der Waals surface area contributed by atoms with E-state index >= 15 is 0 Å². The number of esters is 1. The van der Waals surface area contributed by atoms with E-state index in [4.69, 9.17) is 4.74 Å². The summed E-state index contributed by atoms with van der Waals surface area (Å²) in [6.07, 6.45) is 2.42. The molecule has 0 saturated carbocycles. The highest BCUT2D eigenvalue weighted by molar-refractivity contribution is 7.14. The SMILES string of the molecule is CCCCn1c(=O)[nH]c(=O)c2c1nc(COC(=O)c1csc(-c3ccsc3)n1)n2CCC. The van der Waals surface area contributed by atoms with E-state index in [0.717, 1.165) is 29.8 Å². The van der Waals surface area contributed by atoms with Crippen molar-refractivity contribution in [2.75, 3.05) is 0 Å². The van der Waals surface area contributed by atoms with Gasteiger partial charge in [-0.3, -0.25) is 14.3 Å². The fourth-order valence-corrected chi connectivity index (χ4v) is 4.91. The Morgan fingerprint density at radius 2 is 1.97 bits per heavy atom. The molecule has 1 N–H and O–H groups in total. The van der Waals surface area contributed by atoms with Crippen LogP contribution in [0.4, 0.5) is 0 Å². The second kappa shape index (κ2) is 9.61. The van der Waals surface area contributed by atoms with Crippen LogP contribution in [0.3, 0.4) is 0 Å². The molecule has 4 rings (SSSR count). The Balaban J connectivity index is 1.63. The highest BCUT2D eigenvalue weighted by Gasteiger charge is 2.20. The van der Waals surface area contributed by atoms with Gasteiger partial charge in [-0.1, -0.05) is 20.3 Å².